The van der Waals surface area contributed by atoms with Crippen LogP contribution < -0.4 is 14.4 Å². The first-order valence-corrected chi connectivity index (χ1v) is 10.6. The van der Waals surface area contributed by atoms with Gasteiger partial charge in [0.1, 0.15) is 5.75 Å². The molecular formula is C24H19NO4S2. The zero-order valence-corrected chi connectivity index (χ0v) is 18.5. The number of benzene rings is 3. The Balaban J connectivity index is 1.72. The molecule has 5 nitrogen and oxygen atoms in total. The van der Waals surface area contributed by atoms with Crippen molar-refractivity contribution >= 4 is 46.0 Å². The second kappa shape index (κ2) is 8.83. The van der Waals surface area contributed by atoms with E-state index >= 15 is 0 Å². The molecule has 31 heavy (non-hydrogen) atoms. The van der Waals surface area contributed by atoms with E-state index in [2.05, 4.69) is 0 Å². The average molecular weight is 450 g/mol. The maximum atomic E-state index is 13.3. The fourth-order valence-electron chi connectivity index (χ4n) is 3.29. The van der Waals surface area contributed by atoms with Crippen molar-refractivity contribution < 1.29 is 19.4 Å². The molecule has 0 atom stereocenters. The number of nitrogens with zero attached hydrogens (tertiary/aromatic N) is 1. The molecule has 0 bridgehead atoms. The number of aromatic hydroxyl groups is 1. The summed E-state index contributed by atoms with van der Waals surface area (Å²) in [5.41, 5.74) is 3.31. The molecule has 3 aromatic rings. The Morgan fingerprint density at radius 1 is 0.935 bits per heavy atom. The summed E-state index contributed by atoms with van der Waals surface area (Å²) in [5, 5.41) is 9.80. The highest BCUT2D eigenvalue weighted by molar-refractivity contribution is 8.27. The van der Waals surface area contributed by atoms with E-state index in [9.17, 15) is 9.90 Å². The molecule has 1 N–H and O–H groups in total. The van der Waals surface area contributed by atoms with Crippen LogP contribution >= 0.6 is 24.0 Å². The molecule has 0 aromatic heterocycles. The van der Waals surface area contributed by atoms with Gasteiger partial charge in [-0.1, -0.05) is 66.4 Å². The first-order chi connectivity index (χ1) is 15.0. The van der Waals surface area contributed by atoms with Crippen molar-refractivity contribution in [3.63, 3.8) is 0 Å². The minimum Gasteiger partial charge on any atom is -0.504 e. The Morgan fingerprint density at radius 3 is 2.39 bits per heavy atom. The summed E-state index contributed by atoms with van der Waals surface area (Å²) in [7, 11) is 3.04. The molecule has 4 rings (SSSR count). The van der Waals surface area contributed by atoms with Gasteiger partial charge in [0.2, 0.25) is 0 Å². The van der Waals surface area contributed by atoms with Gasteiger partial charge in [-0.05, 0) is 47.0 Å². The second-order valence-corrected chi connectivity index (χ2v) is 8.38. The summed E-state index contributed by atoms with van der Waals surface area (Å²) in [6.45, 7) is 0. The highest BCUT2D eigenvalue weighted by Crippen LogP contribution is 2.42. The first kappa shape index (κ1) is 21.0. The van der Waals surface area contributed by atoms with Crippen LogP contribution in [0.25, 0.3) is 17.2 Å². The zero-order chi connectivity index (χ0) is 22.0. The fraction of sp³-hybridized carbons (Fsp3) is 0.0833. The Kier molecular flexibility index (Phi) is 5.97. The number of amides is 1. The predicted molar refractivity (Wildman–Crippen MR) is 129 cm³/mol. The number of anilines is 1. The molecule has 0 aliphatic carbocycles. The summed E-state index contributed by atoms with van der Waals surface area (Å²) >= 11 is 6.76. The number of carbonyl (C=O) groups is 1. The molecular weight excluding hydrogens is 430 g/mol. The predicted octanol–water partition coefficient (Wildman–Crippen LogP) is 5.48. The van der Waals surface area contributed by atoms with Crippen LogP contribution in [0.4, 0.5) is 5.69 Å². The molecule has 1 aliphatic rings. The second-order valence-electron chi connectivity index (χ2n) is 6.70. The number of hydrogen-bond acceptors (Lipinski definition) is 6. The fourth-order valence-corrected chi connectivity index (χ4v) is 4.57. The number of rotatable bonds is 5. The molecule has 3 aromatic carbocycles. The van der Waals surface area contributed by atoms with Gasteiger partial charge in [-0.3, -0.25) is 9.69 Å². The van der Waals surface area contributed by atoms with E-state index in [0.29, 0.717) is 26.4 Å². The van der Waals surface area contributed by atoms with Gasteiger partial charge >= 0.3 is 0 Å². The third-order valence-corrected chi connectivity index (χ3v) is 6.12. The molecule has 156 valence electrons. The van der Waals surface area contributed by atoms with Crippen LogP contribution in [0.15, 0.2) is 71.6 Å². The van der Waals surface area contributed by atoms with E-state index in [1.54, 1.807) is 25.3 Å². The van der Waals surface area contributed by atoms with Crippen molar-refractivity contribution in [2.75, 3.05) is 19.1 Å². The minimum absolute atomic E-state index is 0.0367. The van der Waals surface area contributed by atoms with Crippen LogP contribution in [0, 0.1) is 0 Å². The highest BCUT2D eigenvalue weighted by Gasteiger charge is 2.35. The van der Waals surface area contributed by atoms with Crippen LogP contribution in [0.2, 0.25) is 0 Å². The Morgan fingerprint density at radius 2 is 1.68 bits per heavy atom. The lowest BCUT2D eigenvalue weighted by molar-refractivity contribution is -0.113. The normalized spacial score (nSPS) is 14.9. The van der Waals surface area contributed by atoms with Gasteiger partial charge in [-0.15, -0.1) is 0 Å². The number of thiocarbonyl (C=S) groups is 1. The quantitative estimate of drug-likeness (QED) is 0.411. The molecule has 0 spiro atoms. The maximum absolute atomic E-state index is 13.3. The Bertz CT molecular complexity index is 1190. The molecule has 1 saturated heterocycles. The maximum Gasteiger partial charge on any atom is 0.270 e. The summed E-state index contributed by atoms with van der Waals surface area (Å²) in [4.78, 5) is 15.2. The van der Waals surface area contributed by atoms with Crippen LogP contribution in [0.3, 0.4) is 0 Å². The number of phenols is 1. The van der Waals surface area contributed by atoms with E-state index < -0.39 is 0 Å². The van der Waals surface area contributed by atoms with Crippen molar-refractivity contribution in [1.29, 1.82) is 0 Å². The smallest absolute Gasteiger partial charge is 0.270 e. The minimum atomic E-state index is -0.231. The van der Waals surface area contributed by atoms with E-state index in [-0.39, 0.29) is 11.7 Å². The van der Waals surface area contributed by atoms with E-state index in [4.69, 9.17) is 21.7 Å². The molecule has 1 fully saturated rings. The lowest BCUT2D eigenvalue weighted by Crippen LogP contribution is -2.28. The number of phenolic OH excluding ortho intramolecular Hbond substituents is 1. The lowest BCUT2D eigenvalue weighted by atomic mass is 10.0. The summed E-state index contributed by atoms with van der Waals surface area (Å²) in [6.07, 6.45) is 1.73. The van der Waals surface area contributed by atoms with Crippen LogP contribution in [-0.4, -0.2) is 29.6 Å². The topological polar surface area (TPSA) is 59.0 Å². The van der Waals surface area contributed by atoms with Gasteiger partial charge in [0.05, 0.1) is 24.8 Å². The Hall–Kier alpha value is -3.29. The summed E-state index contributed by atoms with van der Waals surface area (Å²) in [5.74, 6) is 0.699. The monoisotopic (exact) mass is 449 g/mol. The van der Waals surface area contributed by atoms with E-state index in [1.807, 2.05) is 48.5 Å². The average Bonchev–Trinajstić information content (AvgIpc) is 3.07. The van der Waals surface area contributed by atoms with Crippen LogP contribution in [0.1, 0.15) is 5.56 Å². The van der Waals surface area contributed by atoms with Crippen molar-refractivity contribution in [2.24, 2.45) is 0 Å². The number of thioether (sulfide) groups is 1. The van der Waals surface area contributed by atoms with Crippen LogP contribution in [0.5, 0.6) is 17.2 Å². The van der Waals surface area contributed by atoms with Gasteiger partial charge in [-0.2, -0.15) is 0 Å². The first-order valence-electron chi connectivity index (χ1n) is 9.40. The van der Waals surface area contributed by atoms with Crippen LogP contribution in [-0.2, 0) is 4.79 Å². The Labute approximate surface area is 189 Å². The molecule has 1 amide bonds. The molecule has 1 heterocycles. The number of hydrogen-bond donors (Lipinski definition) is 1. The largest absolute Gasteiger partial charge is 0.504 e. The summed E-state index contributed by atoms with van der Waals surface area (Å²) < 4.78 is 11.1. The van der Waals surface area contributed by atoms with Gasteiger partial charge in [0, 0.05) is 0 Å². The standard InChI is InChI=1S/C24H19NO4S2/c1-28-20-11-9-17(16-6-4-3-5-7-16)14-18(20)25-23(27)22(31-24(25)30)13-15-8-10-19(26)21(12-15)29-2/h3-14,26H,1-2H3/b22-13-. The SMILES string of the molecule is COc1cc(/C=C2\SC(=S)N(c3cc(-c4ccccc4)ccc3OC)C2=O)ccc1O. The summed E-state index contributed by atoms with van der Waals surface area (Å²) in [6, 6.07) is 20.5. The van der Waals surface area contributed by atoms with Gasteiger partial charge in [0.25, 0.3) is 5.91 Å². The molecule has 0 unspecified atom stereocenters. The van der Waals surface area contributed by atoms with Crippen molar-refractivity contribution in [1.82, 2.24) is 0 Å². The molecule has 0 saturated carbocycles. The van der Waals surface area contributed by atoms with Crippen molar-refractivity contribution in [3.05, 3.63) is 77.2 Å². The molecule has 0 radical (unpaired) electrons. The zero-order valence-electron chi connectivity index (χ0n) is 16.9. The third-order valence-electron chi connectivity index (χ3n) is 4.82. The molecule has 7 heteroatoms. The van der Waals surface area contributed by atoms with Gasteiger partial charge in [0.15, 0.2) is 15.8 Å². The molecule has 1 aliphatic heterocycles. The van der Waals surface area contributed by atoms with Crippen molar-refractivity contribution in [3.8, 4) is 28.4 Å². The van der Waals surface area contributed by atoms with E-state index in [0.717, 1.165) is 16.7 Å². The number of methoxy groups -OCH3 is 2. The van der Waals surface area contributed by atoms with Gasteiger partial charge < -0.3 is 14.6 Å². The number of ether oxygens (including phenoxy) is 2. The lowest BCUT2D eigenvalue weighted by Gasteiger charge is -2.19. The van der Waals surface area contributed by atoms with Gasteiger partial charge in [-0.25, -0.2) is 0 Å². The van der Waals surface area contributed by atoms with E-state index in [1.165, 1.54) is 29.8 Å². The van der Waals surface area contributed by atoms with Crippen molar-refractivity contribution in [2.45, 2.75) is 0 Å². The number of carbonyl (C=O) groups excluding carboxylic acids is 1. The third kappa shape index (κ3) is 4.15. The highest BCUT2D eigenvalue weighted by atomic mass is 32.2.